The van der Waals surface area contributed by atoms with E-state index in [-0.39, 0.29) is 41.4 Å². The minimum absolute atomic E-state index is 0. The van der Waals surface area contributed by atoms with Crippen molar-refractivity contribution in [3.63, 3.8) is 0 Å². The molecular weight excluding hydrogens is 482 g/mol. The molecule has 0 bridgehead atoms. The number of aryl methyl sites for hydroxylation is 1. The summed E-state index contributed by atoms with van der Waals surface area (Å²) in [4.78, 5) is 26.5. The van der Waals surface area contributed by atoms with Gasteiger partial charge in [-0.2, -0.15) is 0 Å². The first-order valence-corrected chi connectivity index (χ1v) is 8.98. The van der Waals surface area contributed by atoms with Gasteiger partial charge < -0.3 is 24.0 Å². The van der Waals surface area contributed by atoms with Gasteiger partial charge in [-0.3, -0.25) is 9.59 Å². The molecule has 3 aromatic carbocycles. The largest absolute Gasteiger partial charge is 1.00 e. The van der Waals surface area contributed by atoms with Gasteiger partial charge in [0.1, 0.15) is 12.4 Å². The number of hydrogen-bond acceptors (Lipinski definition) is 2. The van der Waals surface area contributed by atoms with Crippen molar-refractivity contribution in [2.24, 2.45) is 7.05 Å². The van der Waals surface area contributed by atoms with Crippen molar-refractivity contribution in [1.82, 2.24) is 4.57 Å². The maximum atomic E-state index is 13.6. The molecule has 0 saturated heterocycles. The fourth-order valence-corrected chi connectivity index (χ4v) is 3.96. The lowest BCUT2D eigenvalue weighted by atomic mass is 9.87. The minimum atomic E-state index is -0.331. The van der Waals surface area contributed by atoms with Crippen LogP contribution in [0, 0.1) is 5.82 Å². The predicted molar refractivity (Wildman–Crippen MR) is 102 cm³/mol. The molecule has 1 aliphatic rings. The number of imidazole rings is 1. The summed E-state index contributed by atoms with van der Waals surface area (Å²) >= 11 is 0. The molecule has 5 rings (SSSR count). The zero-order valence-electron chi connectivity index (χ0n) is 15.5. The van der Waals surface area contributed by atoms with Crippen LogP contribution in [0.5, 0.6) is 0 Å². The molecule has 0 aliphatic heterocycles. The number of rotatable bonds is 2. The van der Waals surface area contributed by atoms with Crippen LogP contribution in [0.25, 0.3) is 10.8 Å². The zero-order chi connectivity index (χ0) is 19.4. The summed E-state index contributed by atoms with van der Waals surface area (Å²) in [5.74, 6) is -0.690. The molecule has 0 atom stereocenters. The number of nitrogens with zero attached hydrogens (tertiary/aromatic N) is 2. The Labute approximate surface area is 183 Å². The van der Waals surface area contributed by atoms with E-state index >= 15 is 0 Å². The van der Waals surface area contributed by atoms with Crippen LogP contribution in [-0.4, -0.2) is 16.1 Å². The van der Waals surface area contributed by atoms with Crippen LogP contribution in [0.4, 0.5) is 4.39 Å². The van der Waals surface area contributed by atoms with Crippen molar-refractivity contribution in [2.75, 3.05) is 0 Å². The Morgan fingerprint density at radius 1 is 0.897 bits per heavy atom. The van der Waals surface area contributed by atoms with Crippen molar-refractivity contribution >= 4 is 22.3 Å². The Morgan fingerprint density at radius 2 is 1.55 bits per heavy atom. The van der Waals surface area contributed by atoms with Gasteiger partial charge in [0.2, 0.25) is 29.3 Å². The highest BCUT2D eigenvalue weighted by Crippen LogP contribution is 2.30. The molecule has 0 fully saturated rings. The van der Waals surface area contributed by atoms with Crippen molar-refractivity contribution in [3.8, 4) is 0 Å². The van der Waals surface area contributed by atoms with Crippen LogP contribution < -0.4 is 28.5 Å². The number of halogens is 2. The Balaban J connectivity index is 0.00000205. The third-order valence-electron chi connectivity index (χ3n) is 5.22. The predicted octanol–water partition coefficient (Wildman–Crippen LogP) is 0.433. The van der Waals surface area contributed by atoms with Gasteiger partial charge in [-0.15, -0.1) is 0 Å². The molecule has 0 saturated carbocycles. The van der Waals surface area contributed by atoms with E-state index in [2.05, 4.69) is 0 Å². The monoisotopic (exact) mass is 498 g/mol. The lowest BCUT2D eigenvalue weighted by Crippen LogP contribution is -3.00. The standard InChI is InChI=1S/C23H16FN2O2.HI/c1-25-13-26(12-14-5-4-8-17(24)9-14)21-20(25)22(27)18-10-15-6-2-3-7-16(15)11-19(18)23(21)28;/h2-11,13H,12H2,1H3;1H/q+1;/p-1. The Kier molecular flexibility index (Phi) is 4.82. The van der Waals surface area contributed by atoms with Crippen molar-refractivity contribution < 1.29 is 42.5 Å². The number of ketones is 2. The highest BCUT2D eigenvalue weighted by molar-refractivity contribution is 6.27. The summed E-state index contributed by atoms with van der Waals surface area (Å²) in [5, 5.41) is 1.84. The molecule has 1 aromatic heterocycles. The van der Waals surface area contributed by atoms with E-state index in [1.165, 1.54) is 12.1 Å². The molecule has 1 aliphatic carbocycles. The molecule has 0 N–H and O–H groups in total. The van der Waals surface area contributed by atoms with E-state index in [9.17, 15) is 14.0 Å². The van der Waals surface area contributed by atoms with Gasteiger partial charge >= 0.3 is 0 Å². The summed E-state index contributed by atoms with van der Waals surface area (Å²) < 4.78 is 17.0. The second kappa shape index (κ2) is 7.18. The minimum Gasteiger partial charge on any atom is -1.00 e. The highest BCUT2D eigenvalue weighted by Gasteiger charge is 2.40. The summed E-state index contributed by atoms with van der Waals surface area (Å²) in [6, 6.07) is 17.5. The second-order valence-corrected chi connectivity index (χ2v) is 7.08. The third kappa shape index (κ3) is 3.07. The number of carbonyl (C=O) groups excluding carboxylic acids is 2. The SMILES string of the molecule is C[n+]1cn(Cc2cccc(F)c2)c2c1C(=O)c1cc3ccccc3cc1C2=O.[I-]. The van der Waals surface area contributed by atoms with E-state index in [1.807, 2.05) is 24.3 Å². The maximum absolute atomic E-state index is 13.6. The Bertz CT molecular complexity index is 1310. The van der Waals surface area contributed by atoms with Crippen LogP contribution >= 0.6 is 0 Å². The molecule has 0 unspecified atom stereocenters. The third-order valence-corrected chi connectivity index (χ3v) is 5.22. The molecule has 29 heavy (non-hydrogen) atoms. The summed E-state index contributed by atoms with van der Waals surface area (Å²) in [7, 11) is 1.75. The molecular formula is C23H16FIN2O2. The number of aromatic nitrogens is 2. The Morgan fingerprint density at radius 3 is 2.21 bits per heavy atom. The van der Waals surface area contributed by atoms with Gasteiger partial charge in [0.15, 0.2) is 0 Å². The van der Waals surface area contributed by atoms with Gasteiger partial charge in [0, 0.05) is 11.1 Å². The van der Waals surface area contributed by atoms with Crippen LogP contribution in [-0.2, 0) is 13.6 Å². The zero-order valence-corrected chi connectivity index (χ0v) is 17.7. The quantitative estimate of drug-likeness (QED) is 0.262. The number of hydrogen-bond donors (Lipinski definition) is 0. The number of fused-ring (bicyclic) bond motifs is 3. The summed E-state index contributed by atoms with van der Waals surface area (Å²) in [5.41, 5.74) is 2.28. The van der Waals surface area contributed by atoms with E-state index in [0.29, 0.717) is 29.1 Å². The van der Waals surface area contributed by atoms with E-state index < -0.39 is 0 Å². The van der Waals surface area contributed by atoms with Gasteiger partial charge in [-0.25, -0.2) is 13.5 Å². The van der Waals surface area contributed by atoms with Crippen LogP contribution in [0.1, 0.15) is 37.7 Å². The number of benzene rings is 3. The van der Waals surface area contributed by atoms with Crippen molar-refractivity contribution in [3.05, 3.63) is 101 Å². The Hall–Kier alpha value is -2.87. The molecule has 1 heterocycles. The molecule has 4 nitrogen and oxygen atoms in total. The van der Waals surface area contributed by atoms with Gasteiger partial charge in [-0.1, -0.05) is 36.4 Å². The van der Waals surface area contributed by atoms with E-state index in [4.69, 9.17) is 0 Å². The topological polar surface area (TPSA) is 43.0 Å². The fourth-order valence-electron chi connectivity index (χ4n) is 3.96. The van der Waals surface area contributed by atoms with Crippen molar-refractivity contribution in [2.45, 2.75) is 6.54 Å². The van der Waals surface area contributed by atoms with E-state index in [0.717, 1.165) is 16.3 Å². The normalized spacial score (nSPS) is 12.5. The molecule has 0 amide bonds. The van der Waals surface area contributed by atoms with Crippen LogP contribution in [0.3, 0.4) is 0 Å². The maximum Gasteiger partial charge on any atom is 0.245 e. The molecule has 144 valence electrons. The van der Waals surface area contributed by atoms with Crippen LogP contribution in [0.15, 0.2) is 67.0 Å². The lowest BCUT2D eigenvalue weighted by molar-refractivity contribution is -0.672. The first-order chi connectivity index (χ1) is 13.5. The molecule has 0 spiro atoms. The molecule has 4 aromatic rings. The van der Waals surface area contributed by atoms with Crippen LogP contribution in [0.2, 0.25) is 0 Å². The molecule has 6 heteroatoms. The average molecular weight is 498 g/mol. The molecule has 0 radical (unpaired) electrons. The first kappa shape index (κ1) is 19.4. The lowest BCUT2D eigenvalue weighted by Gasteiger charge is -2.14. The van der Waals surface area contributed by atoms with Gasteiger partial charge in [0.05, 0.1) is 7.05 Å². The summed E-state index contributed by atoms with van der Waals surface area (Å²) in [6.45, 7) is 0.308. The smallest absolute Gasteiger partial charge is 0.245 e. The summed E-state index contributed by atoms with van der Waals surface area (Å²) in [6.07, 6.45) is 1.72. The van der Waals surface area contributed by atoms with Gasteiger partial charge in [0.25, 0.3) is 0 Å². The first-order valence-electron chi connectivity index (χ1n) is 8.98. The number of carbonyl (C=O) groups is 2. The second-order valence-electron chi connectivity index (χ2n) is 7.08. The van der Waals surface area contributed by atoms with E-state index in [1.54, 1.807) is 46.8 Å². The fraction of sp³-hybridized carbons (Fsp3) is 0.0870. The van der Waals surface area contributed by atoms with Crippen molar-refractivity contribution in [1.29, 1.82) is 0 Å². The highest BCUT2D eigenvalue weighted by atomic mass is 127. The average Bonchev–Trinajstić information content (AvgIpc) is 3.01. The van der Waals surface area contributed by atoms with Gasteiger partial charge in [-0.05, 0) is 40.6 Å².